The van der Waals surface area contributed by atoms with Crippen LogP contribution in [0.3, 0.4) is 0 Å². The molecular weight excluding hydrogens is 234 g/mol. The predicted octanol–water partition coefficient (Wildman–Crippen LogP) is 3.24. The van der Waals surface area contributed by atoms with E-state index in [1.54, 1.807) is 0 Å². The monoisotopic (exact) mass is 257 g/mol. The van der Waals surface area contributed by atoms with Crippen molar-refractivity contribution in [3.63, 3.8) is 0 Å². The van der Waals surface area contributed by atoms with E-state index in [1.807, 2.05) is 10.9 Å². The maximum absolute atomic E-state index is 4.41. The Bertz CT molecular complexity index is 535. The summed E-state index contributed by atoms with van der Waals surface area (Å²) in [5.74, 6) is 0. The molecule has 1 heterocycles. The van der Waals surface area contributed by atoms with E-state index in [0.29, 0.717) is 0 Å². The summed E-state index contributed by atoms with van der Waals surface area (Å²) in [6.45, 7) is 10.4. The molecule has 0 fully saturated rings. The van der Waals surface area contributed by atoms with Crippen molar-refractivity contribution in [3.05, 3.63) is 53.3 Å². The van der Waals surface area contributed by atoms with Crippen LogP contribution < -0.4 is 5.32 Å². The number of aryl methyl sites for hydroxylation is 1. The normalized spacial score (nSPS) is 11.8. The average molecular weight is 257 g/mol. The molecule has 0 spiro atoms. The van der Waals surface area contributed by atoms with Gasteiger partial charge in [0, 0.05) is 24.8 Å². The molecule has 0 atom stereocenters. The Kier molecular flexibility index (Phi) is 4.05. The third-order valence-electron chi connectivity index (χ3n) is 3.23. The van der Waals surface area contributed by atoms with E-state index in [-0.39, 0.29) is 5.54 Å². The van der Waals surface area contributed by atoms with E-state index in [0.717, 1.165) is 13.1 Å². The first-order valence-electron chi connectivity index (χ1n) is 6.76. The lowest BCUT2D eigenvalue weighted by Gasteiger charge is -2.18. The van der Waals surface area contributed by atoms with Gasteiger partial charge in [0.2, 0.25) is 0 Å². The lowest BCUT2D eigenvalue weighted by atomic mass is 10.1. The first-order valence-corrected chi connectivity index (χ1v) is 6.76. The number of rotatable bonds is 4. The highest BCUT2D eigenvalue weighted by Crippen LogP contribution is 2.13. The fourth-order valence-electron chi connectivity index (χ4n) is 1.97. The zero-order valence-electron chi connectivity index (χ0n) is 12.3. The van der Waals surface area contributed by atoms with Crippen molar-refractivity contribution in [1.29, 1.82) is 0 Å². The topological polar surface area (TPSA) is 29.9 Å². The van der Waals surface area contributed by atoms with Crippen molar-refractivity contribution in [3.8, 4) is 0 Å². The maximum Gasteiger partial charge on any atom is 0.0543 e. The Hall–Kier alpha value is -1.61. The summed E-state index contributed by atoms with van der Waals surface area (Å²) in [6.07, 6.45) is 4.06. The minimum Gasteiger partial charge on any atom is -0.308 e. The summed E-state index contributed by atoms with van der Waals surface area (Å²) in [7, 11) is 0. The molecule has 3 nitrogen and oxygen atoms in total. The lowest BCUT2D eigenvalue weighted by molar-refractivity contribution is 0.355. The van der Waals surface area contributed by atoms with Gasteiger partial charge < -0.3 is 5.32 Å². The highest BCUT2D eigenvalue weighted by atomic mass is 15.3. The van der Waals surface area contributed by atoms with E-state index in [9.17, 15) is 0 Å². The van der Waals surface area contributed by atoms with Crippen molar-refractivity contribution < 1.29 is 0 Å². The van der Waals surface area contributed by atoms with Gasteiger partial charge >= 0.3 is 0 Å². The zero-order chi connectivity index (χ0) is 13.9. The van der Waals surface area contributed by atoms with Crippen LogP contribution >= 0.6 is 0 Å². The summed E-state index contributed by atoms with van der Waals surface area (Å²) in [5.41, 5.74) is 3.96. The molecule has 0 saturated heterocycles. The molecule has 19 heavy (non-hydrogen) atoms. The van der Waals surface area contributed by atoms with E-state index in [4.69, 9.17) is 0 Å². The summed E-state index contributed by atoms with van der Waals surface area (Å²) < 4.78 is 2.01. The number of hydrogen-bond acceptors (Lipinski definition) is 2. The first kappa shape index (κ1) is 13.8. The third kappa shape index (κ3) is 3.67. The number of hydrogen-bond donors (Lipinski definition) is 1. The molecule has 2 aromatic rings. The minimum atomic E-state index is 0.0499. The van der Waals surface area contributed by atoms with Gasteiger partial charge in [-0.05, 0) is 38.8 Å². The number of aromatic nitrogens is 2. The van der Waals surface area contributed by atoms with Crippen LogP contribution in [0.15, 0.2) is 36.7 Å². The summed E-state index contributed by atoms with van der Waals surface area (Å²) in [5, 5.41) is 7.88. The molecule has 0 radical (unpaired) electrons. The Balaban J connectivity index is 1.90. The molecule has 0 bridgehead atoms. The predicted molar refractivity (Wildman–Crippen MR) is 78.9 cm³/mol. The minimum absolute atomic E-state index is 0.0499. The summed E-state index contributed by atoms with van der Waals surface area (Å²) in [4.78, 5) is 0. The molecule has 1 aromatic heterocycles. The van der Waals surface area contributed by atoms with Crippen LogP contribution in [0.4, 0.5) is 0 Å². The summed E-state index contributed by atoms with van der Waals surface area (Å²) >= 11 is 0. The second-order valence-electron chi connectivity index (χ2n) is 5.99. The largest absolute Gasteiger partial charge is 0.308 e. The van der Waals surface area contributed by atoms with E-state index >= 15 is 0 Å². The highest BCUT2D eigenvalue weighted by Gasteiger charge is 2.13. The van der Waals surface area contributed by atoms with Crippen LogP contribution in [0.5, 0.6) is 0 Å². The van der Waals surface area contributed by atoms with Gasteiger partial charge in [-0.25, -0.2) is 0 Å². The van der Waals surface area contributed by atoms with Gasteiger partial charge in [-0.15, -0.1) is 0 Å². The van der Waals surface area contributed by atoms with Crippen molar-refractivity contribution >= 4 is 0 Å². The van der Waals surface area contributed by atoms with Crippen LogP contribution in [0, 0.1) is 6.92 Å². The van der Waals surface area contributed by atoms with E-state index < -0.39 is 0 Å². The van der Waals surface area contributed by atoms with E-state index in [1.165, 1.54) is 16.7 Å². The number of benzene rings is 1. The molecule has 0 aliphatic rings. The molecule has 2 rings (SSSR count). The van der Waals surface area contributed by atoms with Crippen molar-refractivity contribution in [2.24, 2.45) is 0 Å². The standard InChI is InChI=1S/C16H23N3/c1-13-7-5-6-8-15(13)11-17-9-14-10-18-19(12-14)16(2,3)4/h5-8,10,12,17H,9,11H2,1-4H3. The fourth-order valence-corrected chi connectivity index (χ4v) is 1.97. The smallest absolute Gasteiger partial charge is 0.0543 e. The summed E-state index contributed by atoms with van der Waals surface area (Å²) in [6, 6.07) is 8.48. The third-order valence-corrected chi connectivity index (χ3v) is 3.23. The number of nitrogens with zero attached hydrogens (tertiary/aromatic N) is 2. The molecule has 0 amide bonds. The van der Waals surface area contributed by atoms with Gasteiger partial charge in [-0.1, -0.05) is 24.3 Å². The van der Waals surface area contributed by atoms with Gasteiger partial charge in [-0.3, -0.25) is 4.68 Å². The molecule has 102 valence electrons. The van der Waals surface area contributed by atoms with Crippen LogP contribution in [-0.2, 0) is 18.6 Å². The Morgan fingerprint density at radius 1 is 1.16 bits per heavy atom. The fraction of sp³-hybridized carbons (Fsp3) is 0.438. The van der Waals surface area contributed by atoms with E-state index in [2.05, 4.69) is 68.6 Å². The van der Waals surface area contributed by atoms with Crippen molar-refractivity contribution in [1.82, 2.24) is 15.1 Å². The van der Waals surface area contributed by atoms with Crippen LogP contribution in [0.1, 0.15) is 37.5 Å². The SMILES string of the molecule is Cc1ccccc1CNCc1cnn(C(C)(C)C)c1. The van der Waals surface area contributed by atoms with Crippen LogP contribution in [0.25, 0.3) is 0 Å². The second kappa shape index (κ2) is 5.57. The van der Waals surface area contributed by atoms with Gasteiger partial charge in [0.05, 0.1) is 11.7 Å². The zero-order valence-corrected chi connectivity index (χ0v) is 12.3. The quantitative estimate of drug-likeness (QED) is 0.911. The van der Waals surface area contributed by atoms with Gasteiger partial charge in [0.1, 0.15) is 0 Å². The molecule has 0 aliphatic carbocycles. The molecule has 1 N–H and O–H groups in total. The van der Waals surface area contributed by atoms with Crippen molar-refractivity contribution in [2.45, 2.75) is 46.3 Å². The Morgan fingerprint density at radius 2 is 1.89 bits per heavy atom. The lowest BCUT2D eigenvalue weighted by Crippen LogP contribution is -2.22. The first-order chi connectivity index (χ1) is 8.97. The average Bonchev–Trinajstić information content (AvgIpc) is 2.80. The van der Waals surface area contributed by atoms with Gasteiger partial charge in [-0.2, -0.15) is 5.10 Å². The molecule has 0 unspecified atom stereocenters. The maximum atomic E-state index is 4.41. The molecular formula is C16H23N3. The highest BCUT2D eigenvalue weighted by molar-refractivity contribution is 5.25. The second-order valence-corrected chi connectivity index (χ2v) is 5.99. The van der Waals surface area contributed by atoms with Gasteiger partial charge in [0.15, 0.2) is 0 Å². The molecule has 0 saturated carbocycles. The molecule has 1 aromatic carbocycles. The van der Waals surface area contributed by atoms with Crippen LogP contribution in [0.2, 0.25) is 0 Å². The van der Waals surface area contributed by atoms with Crippen LogP contribution in [-0.4, -0.2) is 9.78 Å². The number of nitrogens with one attached hydrogen (secondary N) is 1. The van der Waals surface area contributed by atoms with Crippen molar-refractivity contribution in [2.75, 3.05) is 0 Å². The molecule has 3 heteroatoms. The Morgan fingerprint density at radius 3 is 2.53 bits per heavy atom. The van der Waals surface area contributed by atoms with Gasteiger partial charge in [0.25, 0.3) is 0 Å². The Labute approximate surface area is 115 Å². The molecule has 0 aliphatic heterocycles.